The summed E-state index contributed by atoms with van der Waals surface area (Å²) < 4.78 is 40.3. The highest BCUT2D eigenvalue weighted by Crippen LogP contribution is 2.30. The van der Waals surface area contributed by atoms with Crippen molar-refractivity contribution in [2.24, 2.45) is 0 Å². The Kier molecular flexibility index (Phi) is 7.95. The van der Waals surface area contributed by atoms with Gasteiger partial charge in [-0.3, -0.25) is 24.0 Å². The van der Waals surface area contributed by atoms with Crippen LogP contribution in [0.2, 0.25) is 0 Å². The molecule has 0 fully saturated rings. The van der Waals surface area contributed by atoms with E-state index in [1.807, 2.05) is 6.92 Å². The number of nitrogen functional groups attached to an aromatic ring is 1. The van der Waals surface area contributed by atoms with Crippen molar-refractivity contribution in [1.82, 2.24) is 9.55 Å². The molecule has 0 aliphatic rings. The molecule has 35 heavy (non-hydrogen) atoms. The number of benzene rings is 2. The molecule has 0 aliphatic carbocycles. The first kappa shape index (κ1) is 25.5. The van der Waals surface area contributed by atoms with Gasteiger partial charge in [-0.2, -0.15) is 13.2 Å². The second-order valence-electron chi connectivity index (χ2n) is 7.86. The number of nitrogens with one attached hydrogen (secondary N) is 1. The van der Waals surface area contributed by atoms with Crippen molar-refractivity contribution >= 4 is 23.5 Å². The summed E-state index contributed by atoms with van der Waals surface area (Å²) in [6.07, 6.45) is -0.836. The first-order valence-corrected chi connectivity index (χ1v) is 10.9. The molecule has 0 saturated heterocycles. The van der Waals surface area contributed by atoms with Crippen molar-refractivity contribution in [3.8, 4) is 0 Å². The van der Waals surface area contributed by atoms with Crippen LogP contribution in [-0.2, 0) is 24.1 Å². The summed E-state index contributed by atoms with van der Waals surface area (Å²) in [4.78, 5) is 41.6. The summed E-state index contributed by atoms with van der Waals surface area (Å²) in [6.45, 7) is 2.13. The van der Waals surface area contributed by atoms with E-state index in [2.05, 4.69) is 4.98 Å². The van der Waals surface area contributed by atoms with Crippen LogP contribution < -0.4 is 21.9 Å². The van der Waals surface area contributed by atoms with Crippen LogP contribution in [0.25, 0.3) is 6.08 Å². The fourth-order valence-corrected chi connectivity index (χ4v) is 3.49. The molecule has 0 aliphatic heterocycles. The van der Waals surface area contributed by atoms with Crippen molar-refractivity contribution in [3.05, 3.63) is 98.2 Å². The van der Waals surface area contributed by atoms with Crippen molar-refractivity contribution < 1.29 is 18.0 Å². The number of hydrogen-bond acceptors (Lipinski definition) is 4. The number of nitrogens with two attached hydrogens (primary N) is 1. The number of rotatable bonds is 8. The van der Waals surface area contributed by atoms with Gasteiger partial charge in [0.2, 0.25) is 0 Å². The van der Waals surface area contributed by atoms with Gasteiger partial charge in [0.05, 0.1) is 12.1 Å². The topological polar surface area (TPSA) is 101 Å². The Hall–Kier alpha value is -4.08. The van der Waals surface area contributed by atoms with Crippen molar-refractivity contribution in [2.45, 2.75) is 39.0 Å². The third-order valence-corrected chi connectivity index (χ3v) is 5.30. The minimum absolute atomic E-state index is 0.0497. The Labute approximate surface area is 199 Å². The molecular formula is C25H25F3N4O3. The molecule has 0 spiro atoms. The first-order valence-electron chi connectivity index (χ1n) is 10.9. The standard InChI is InChI=1S/C25H25F3N4O3/c1-2-3-14-31-22(29)21(23(34)30-24(31)35)32(16-18-8-5-4-6-9-18)20(33)13-12-17-10-7-11-19(15-17)25(26,27)28/h4-13,15H,2-3,14,16,29H2,1H3,(H,30,34,35)/b13-12+. The Morgan fingerprint density at radius 2 is 1.83 bits per heavy atom. The molecule has 1 heterocycles. The van der Waals surface area contributed by atoms with E-state index in [4.69, 9.17) is 5.73 Å². The molecule has 184 valence electrons. The van der Waals surface area contributed by atoms with E-state index in [0.717, 1.165) is 29.5 Å². The summed E-state index contributed by atoms with van der Waals surface area (Å²) in [5.74, 6) is -0.854. The van der Waals surface area contributed by atoms with Crippen LogP contribution in [0.3, 0.4) is 0 Å². The van der Waals surface area contributed by atoms with Crippen LogP contribution in [-0.4, -0.2) is 15.5 Å². The number of halogens is 3. The van der Waals surface area contributed by atoms with E-state index in [1.54, 1.807) is 30.3 Å². The number of carbonyl (C=O) groups excluding carboxylic acids is 1. The van der Waals surface area contributed by atoms with Gasteiger partial charge in [0.15, 0.2) is 5.69 Å². The summed E-state index contributed by atoms with van der Waals surface area (Å²) in [7, 11) is 0. The average molecular weight is 486 g/mol. The molecule has 0 saturated carbocycles. The highest BCUT2D eigenvalue weighted by atomic mass is 19.4. The number of H-pyrrole nitrogens is 1. The van der Waals surface area contributed by atoms with Gasteiger partial charge in [0.1, 0.15) is 5.82 Å². The minimum atomic E-state index is -4.53. The second kappa shape index (κ2) is 10.9. The number of anilines is 2. The molecular weight excluding hydrogens is 461 g/mol. The van der Waals surface area contributed by atoms with Crippen LogP contribution >= 0.6 is 0 Å². The minimum Gasteiger partial charge on any atom is -0.383 e. The van der Waals surface area contributed by atoms with Gasteiger partial charge < -0.3 is 5.73 Å². The zero-order valence-corrected chi connectivity index (χ0v) is 19.0. The summed E-state index contributed by atoms with van der Waals surface area (Å²) >= 11 is 0. The van der Waals surface area contributed by atoms with Crippen LogP contribution in [0, 0.1) is 0 Å². The molecule has 3 aromatic rings. The molecule has 0 atom stereocenters. The lowest BCUT2D eigenvalue weighted by Crippen LogP contribution is -2.40. The van der Waals surface area contributed by atoms with E-state index in [-0.39, 0.29) is 30.2 Å². The molecule has 0 radical (unpaired) electrons. The average Bonchev–Trinajstić information content (AvgIpc) is 2.82. The molecule has 2 aromatic carbocycles. The lowest BCUT2D eigenvalue weighted by molar-refractivity contribution is -0.137. The Morgan fingerprint density at radius 1 is 1.11 bits per heavy atom. The maximum atomic E-state index is 13.2. The van der Waals surface area contributed by atoms with Crippen LogP contribution in [0.4, 0.5) is 24.7 Å². The molecule has 1 amide bonds. The molecule has 3 rings (SSSR count). The predicted molar refractivity (Wildman–Crippen MR) is 129 cm³/mol. The van der Waals surface area contributed by atoms with E-state index >= 15 is 0 Å². The maximum Gasteiger partial charge on any atom is 0.416 e. The van der Waals surface area contributed by atoms with Gasteiger partial charge >= 0.3 is 11.9 Å². The smallest absolute Gasteiger partial charge is 0.383 e. The Morgan fingerprint density at radius 3 is 2.49 bits per heavy atom. The van der Waals surface area contributed by atoms with Gasteiger partial charge in [0.25, 0.3) is 11.5 Å². The van der Waals surface area contributed by atoms with E-state index in [0.29, 0.717) is 12.0 Å². The quantitative estimate of drug-likeness (QED) is 0.467. The molecule has 3 N–H and O–H groups in total. The van der Waals surface area contributed by atoms with Gasteiger partial charge in [0, 0.05) is 12.6 Å². The van der Waals surface area contributed by atoms with E-state index < -0.39 is 28.9 Å². The fraction of sp³-hybridized carbons (Fsp3) is 0.240. The van der Waals surface area contributed by atoms with E-state index in [9.17, 15) is 27.6 Å². The first-order chi connectivity index (χ1) is 16.6. The molecule has 0 bridgehead atoms. The number of hydrogen-bond donors (Lipinski definition) is 2. The molecule has 1 aromatic heterocycles. The third kappa shape index (κ3) is 6.28. The van der Waals surface area contributed by atoms with Crippen molar-refractivity contribution in [2.75, 3.05) is 10.6 Å². The largest absolute Gasteiger partial charge is 0.416 e. The second-order valence-corrected chi connectivity index (χ2v) is 7.86. The van der Waals surface area contributed by atoms with Gasteiger partial charge in [-0.15, -0.1) is 0 Å². The number of aromatic amines is 1. The number of carbonyl (C=O) groups is 1. The summed E-state index contributed by atoms with van der Waals surface area (Å²) in [5, 5.41) is 0. The fourth-order valence-electron chi connectivity index (χ4n) is 3.49. The lowest BCUT2D eigenvalue weighted by Gasteiger charge is -2.23. The van der Waals surface area contributed by atoms with Gasteiger partial charge in [-0.25, -0.2) is 4.79 Å². The number of aromatic nitrogens is 2. The number of nitrogens with zero attached hydrogens (tertiary/aromatic N) is 2. The lowest BCUT2D eigenvalue weighted by atomic mass is 10.1. The number of amides is 1. The third-order valence-electron chi connectivity index (χ3n) is 5.30. The van der Waals surface area contributed by atoms with Crippen molar-refractivity contribution in [3.63, 3.8) is 0 Å². The van der Waals surface area contributed by atoms with Crippen molar-refractivity contribution in [1.29, 1.82) is 0 Å². The number of unbranched alkanes of at least 4 members (excludes halogenated alkanes) is 1. The van der Waals surface area contributed by atoms with Crippen LogP contribution in [0.1, 0.15) is 36.5 Å². The van der Waals surface area contributed by atoms with Gasteiger partial charge in [-0.05, 0) is 35.8 Å². The Bertz CT molecular complexity index is 1330. The molecule has 0 unspecified atom stereocenters. The molecule has 10 heteroatoms. The molecule has 7 nitrogen and oxygen atoms in total. The normalized spacial score (nSPS) is 11.7. The summed E-state index contributed by atoms with van der Waals surface area (Å²) in [6, 6.07) is 13.3. The van der Waals surface area contributed by atoms with E-state index in [1.165, 1.54) is 22.8 Å². The number of alkyl halides is 3. The van der Waals surface area contributed by atoms with Crippen LogP contribution in [0.15, 0.2) is 70.3 Å². The highest BCUT2D eigenvalue weighted by molar-refractivity contribution is 6.05. The Balaban J connectivity index is 2.05. The SMILES string of the molecule is CCCCn1c(N)c(N(Cc2ccccc2)C(=O)/C=C/c2cccc(C(F)(F)F)c2)c(=O)[nH]c1=O. The van der Waals surface area contributed by atoms with Crippen LogP contribution in [0.5, 0.6) is 0 Å². The predicted octanol–water partition coefficient (Wildman–Crippen LogP) is 4.18. The zero-order chi connectivity index (χ0) is 25.6. The highest BCUT2D eigenvalue weighted by Gasteiger charge is 2.30. The zero-order valence-electron chi connectivity index (χ0n) is 19.0. The van der Waals surface area contributed by atoms with Gasteiger partial charge in [-0.1, -0.05) is 55.8 Å². The maximum absolute atomic E-state index is 13.2. The summed E-state index contributed by atoms with van der Waals surface area (Å²) in [5.41, 5.74) is 4.45. The monoisotopic (exact) mass is 486 g/mol.